The highest BCUT2D eigenvalue weighted by atomic mass is 19.4. The third-order valence-corrected chi connectivity index (χ3v) is 2.39. The summed E-state index contributed by atoms with van der Waals surface area (Å²) in [4.78, 5) is 15.4. The van der Waals surface area contributed by atoms with E-state index in [0.29, 0.717) is 18.2 Å². The smallest absolute Gasteiger partial charge is 0.354 e. The number of hydrogen-bond acceptors (Lipinski definition) is 5. The summed E-state index contributed by atoms with van der Waals surface area (Å²) < 4.78 is 37.8. The quantitative estimate of drug-likeness (QED) is 0.932. The molecule has 0 aliphatic rings. The van der Waals surface area contributed by atoms with Crippen molar-refractivity contribution in [3.63, 3.8) is 0 Å². The molecule has 0 aromatic carbocycles. The number of aryl methyl sites for hydroxylation is 1. The van der Waals surface area contributed by atoms with Crippen LogP contribution in [0.1, 0.15) is 17.2 Å². The molecule has 0 fully saturated rings. The molecule has 1 N–H and O–H groups in total. The first-order chi connectivity index (χ1) is 9.45. The lowest BCUT2D eigenvalue weighted by Crippen LogP contribution is -2.14. The van der Waals surface area contributed by atoms with Gasteiger partial charge in [-0.05, 0) is 19.1 Å². The second-order valence-corrected chi connectivity index (χ2v) is 4.06. The molecule has 0 saturated heterocycles. The van der Waals surface area contributed by atoms with Gasteiger partial charge in [0.15, 0.2) is 0 Å². The van der Waals surface area contributed by atoms with Crippen LogP contribution >= 0.6 is 0 Å². The molecule has 2 aromatic rings. The van der Waals surface area contributed by atoms with Gasteiger partial charge >= 0.3 is 6.18 Å². The van der Waals surface area contributed by atoms with Gasteiger partial charge in [0.2, 0.25) is 5.95 Å². The molecule has 0 saturated carbocycles. The Morgan fingerprint density at radius 1 is 1.15 bits per heavy atom. The number of aromatic nitrogens is 4. The lowest BCUT2D eigenvalue weighted by molar-refractivity contribution is -0.141. The zero-order valence-electron chi connectivity index (χ0n) is 10.6. The van der Waals surface area contributed by atoms with E-state index in [0.717, 1.165) is 6.07 Å². The predicted molar refractivity (Wildman–Crippen MR) is 66.0 cm³/mol. The topological polar surface area (TPSA) is 63.6 Å². The van der Waals surface area contributed by atoms with Gasteiger partial charge in [-0.3, -0.25) is 0 Å². The minimum Gasteiger partial charge on any atom is -0.354 e. The van der Waals surface area contributed by atoms with Crippen LogP contribution < -0.4 is 5.32 Å². The Bertz CT molecular complexity index is 571. The summed E-state index contributed by atoms with van der Waals surface area (Å²) >= 11 is 0. The highest BCUT2D eigenvalue weighted by Gasteiger charge is 2.33. The Kier molecular flexibility index (Phi) is 4.11. The van der Waals surface area contributed by atoms with Crippen molar-refractivity contribution in [1.29, 1.82) is 0 Å². The largest absolute Gasteiger partial charge is 0.433 e. The average Bonchev–Trinajstić information content (AvgIpc) is 2.38. The molecule has 0 aliphatic heterocycles. The van der Waals surface area contributed by atoms with Gasteiger partial charge in [-0.1, -0.05) is 0 Å². The molecule has 0 unspecified atom stereocenters. The zero-order valence-corrected chi connectivity index (χ0v) is 10.6. The first-order valence-electron chi connectivity index (χ1n) is 5.88. The SMILES string of the molecule is Cc1cc(C(F)(F)F)nc(CCNc2ncccn2)n1. The maximum absolute atomic E-state index is 12.6. The third kappa shape index (κ3) is 3.87. The monoisotopic (exact) mass is 283 g/mol. The Morgan fingerprint density at radius 2 is 1.85 bits per heavy atom. The van der Waals surface area contributed by atoms with Crippen molar-refractivity contribution in [2.75, 3.05) is 11.9 Å². The van der Waals surface area contributed by atoms with Gasteiger partial charge < -0.3 is 5.32 Å². The molecular weight excluding hydrogens is 271 g/mol. The van der Waals surface area contributed by atoms with Gasteiger partial charge in [0.1, 0.15) is 11.5 Å². The molecule has 2 heterocycles. The number of rotatable bonds is 4. The maximum Gasteiger partial charge on any atom is 0.433 e. The second kappa shape index (κ2) is 5.81. The molecule has 0 atom stereocenters. The molecule has 2 rings (SSSR count). The molecule has 0 radical (unpaired) electrons. The standard InChI is InChI=1S/C12H12F3N5/c1-8-7-9(12(13,14)15)20-10(19-8)3-6-18-11-16-4-2-5-17-11/h2,4-5,7H,3,6H2,1H3,(H,16,17,18). The van der Waals surface area contributed by atoms with Gasteiger partial charge in [-0.2, -0.15) is 13.2 Å². The summed E-state index contributed by atoms with van der Waals surface area (Å²) in [6.07, 6.45) is -1.07. The third-order valence-electron chi connectivity index (χ3n) is 2.39. The fourth-order valence-electron chi connectivity index (χ4n) is 1.56. The average molecular weight is 283 g/mol. The second-order valence-electron chi connectivity index (χ2n) is 4.06. The van der Waals surface area contributed by atoms with Crippen LogP contribution in [0.15, 0.2) is 24.5 Å². The van der Waals surface area contributed by atoms with Gasteiger partial charge in [0.25, 0.3) is 0 Å². The molecular formula is C12H12F3N5. The van der Waals surface area contributed by atoms with Crippen LogP contribution in [0.4, 0.5) is 19.1 Å². The number of alkyl halides is 3. The molecule has 20 heavy (non-hydrogen) atoms. The number of nitrogens with one attached hydrogen (secondary N) is 1. The van der Waals surface area contributed by atoms with E-state index in [1.54, 1.807) is 18.5 Å². The zero-order chi connectivity index (χ0) is 14.6. The predicted octanol–water partition coefficient (Wildman–Crippen LogP) is 2.25. The van der Waals surface area contributed by atoms with E-state index in [1.165, 1.54) is 6.92 Å². The van der Waals surface area contributed by atoms with Gasteiger partial charge in [-0.15, -0.1) is 0 Å². The van der Waals surface area contributed by atoms with Crippen LogP contribution in [0, 0.1) is 6.92 Å². The molecule has 2 aromatic heterocycles. The van der Waals surface area contributed by atoms with E-state index in [-0.39, 0.29) is 12.2 Å². The van der Waals surface area contributed by atoms with Gasteiger partial charge in [0.05, 0.1) is 0 Å². The fraction of sp³-hybridized carbons (Fsp3) is 0.333. The van der Waals surface area contributed by atoms with E-state index >= 15 is 0 Å². The van der Waals surface area contributed by atoms with E-state index in [9.17, 15) is 13.2 Å². The van der Waals surface area contributed by atoms with Crippen LogP contribution in [-0.2, 0) is 12.6 Å². The molecule has 0 spiro atoms. The number of anilines is 1. The van der Waals surface area contributed by atoms with Crippen LogP contribution in [0.2, 0.25) is 0 Å². The first-order valence-corrected chi connectivity index (χ1v) is 5.88. The summed E-state index contributed by atoms with van der Waals surface area (Å²) in [7, 11) is 0. The summed E-state index contributed by atoms with van der Waals surface area (Å²) in [6.45, 7) is 1.86. The van der Waals surface area contributed by atoms with E-state index in [4.69, 9.17) is 0 Å². The minimum absolute atomic E-state index is 0.140. The van der Waals surface area contributed by atoms with Crippen molar-refractivity contribution in [3.8, 4) is 0 Å². The summed E-state index contributed by atoms with van der Waals surface area (Å²) in [5.74, 6) is 0.553. The van der Waals surface area contributed by atoms with Crippen molar-refractivity contribution in [1.82, 2.24) is 19.9 Å². The molecule has 8 heteroatoms. The summed E-state index contributed by atoms with van der Waals surface area (Å²) in [5.41, 5.74) is -0.630. The lowest BCUT2D eigenvalue weighted by Gasteiger charge is -2.09. The number of hydrogen-bond donors (Lipinski definition) is 1. The molecule has 5 nitrogen and oxygen atoms in total. The van der Waals surface area contributed by atoms with Crippen LogP contribution in [-0.4, -0.2) is 26.5 Å². The van der Waals surface area contributed by atoms with Crippen molar-refractivity contribution < 1.29 is 13.2 Å². The number of halogens is 3. The first kappa shape index (κ1) is 14.2. The highest BCUT2D eigenvalue weighted by Crippen LogP contribution is 2.27. The van der Waals surface area contributed by atoms with Crippen molar-refractivity contribution in [2.24, 2.45) is 0 Å². The van der Waals surface area contributed by atoms with E-state index < -0.39 is 11.9 Å². The molecule has 0 amide bonds. The molecule has 0 aliphatic carbocycles. The Morgan fingerprint density at radius 3 is 2.50 bits per heavy atom. The maximum atomic E-state index is 12.6. The minimum atomic E-state index is -4.46. The Hall–Kier alpha value is -2.25. The van der Waals surface area contributed by atoms with E-state index in [2.05, 4.69) is 25.3 Å². The Balaban J connectivity index is 2.01. The molecule has 106 valence electrons. The summed E-state index contributed by atoms with van der Waals surface area (Å²) in [5, 5.41) is 2.89. The summed E-state index contributed by atoms with van der Waals surface area (Å²) in [6, 6.07) is 2.60. The fourth-order valence-corrected chi connectivity index (χ4v) is 1.56. The van der Waals surface area contributed by atoms with Gasteiger partial charge in [-0.25, -0.2) is 19.9 Å². The van der Waals surface area contributed by atoms with Crippen LogP contribution in [0.25, 0.3) is 0 Å². The molecule has 0 bridgehead atoms. The van der Waals surface area contributed by atoms with Gasteiger partial charge in [0, 0.05) is 31.1 Å². The van der Waals surface area contributed by atoms with Crippen LogP contribution in [0.3, 0.4) is 0 Å². The van der Waals surface area contributed by atoms with E-state index in [1.807, 2.05) is 0 Å². The lowest BCUT2D eigenvalue weighted by atomic mass is 10.3. The number of nitrogens with zero attached hydrogens (tertiary/aromatic N) is 4. The Labute approximate surface area is 113 Å². The van der Waals surface area contributed by atoms with Crippen molar-refractivity contribution >= 4 is 5.95 Å². The van der Waals surface area contributed by atoms with Crippen molar-refractivity contribution in [2.45, 2.75) is 19.5 Å². The van der Waals surface area contributed by atoms with Crippen molar-refractivity contribution in [3.05, 3.63) is 41.7 Å². The normalized spacial score (nSPS) is 11.4. The van der Waals surface area contributed by atoms with Crippen LogP contribution in [0.5, 0.6) is 0 Å². The highest BCUT2D eigenvalue weighted by molar-refractivity contribution is 5.22.